The molecule has 1 fully saturated rings. The fourth-order valence-corrected chi connectivity index (χ4v) is 4.81. The van der Waals surface area contributed by atoms with Gasteiger partial charge in [-0.3, -0.25) is 14.4 Å². The molecule has 1 aliphatic heterocycles. The predicted octanol–water partition coefficient (Wildman–Crippen LogP) is 4.47. The van der Waals surface area contributed by atoms with E-state index in [1.165, 1.54) is 6.08 Å². The lowest BCUT2D eigenvalue weighted by molar-refractivity contribution is -0.175. The van der Waals surface area contributed by atoms with Gasteiger partial charge < -0.3 is 34.6 Å². The molecule has 0 saturated carbocycles. The van der Waals surface area contributed by atoms with E-state index in [2.05, 4.69) is 0 Å². The van der Waals surface area contributed by atoms with Gasteiger partial charge in [-0.1, -0.05) is 25.0 Å². The zero-order chi connectivity index (χ0) is 37.7. The average molecular weight is 710 g/mol. The van der Waals surface area contributed by atoms with Crippen molar-refractivity contribution < 1.29 is 66.4 Å². The normalized spacial score (nSPS) is 18.1. The molecule has 280 valence electrons. The number of hydrogen-bond donors (Lipinski definition) is 3. The molecule has 0 aromatic heterocycles. The van der Waals surface area contributed by atoms with E-state index >= 15 is 0 Å². The molecule has 0 aliphatic carbocycles. The van der Waals surface area contributed by atoms with Crippen LogP contribution < -0.4 is 5.32 Å². The average Bonchev–Trinajstić information content (AvgIpc) is 3.33. The molecular weight excluding hydrogens is 659 g/mol. The molecule has 49 heavy (non-hydrogen) atoms. The number of unbranched alkanes of at least 4 members (excludes halogenated alkanes) is 3. The van der Waals surface area contributed by atoms with E-state index < -0.39 is 84.1 Å². The molecule has 1 heterocycles. The van der Waals surface area contributed by atoms with Gasteiger partial charge in [0.2, 0.25) is 5.91 Å². The molecule has 14 nitrogen and oxygen atoms in total. The highest BCUT2D eigenvalue weighted by molar-refractivity contribution is 5.92. The monoisotopic (exact) mass is 709 g/mol. The van der Waals surface area contributed by atoms with Gasteiger partial charge in [0, 0.05) is 19.4 Å². The van der Waals surface area contributed by atoms with Crippen LogP contribution in [0.25, 0.3) is 0 Å². The zero-order valence-electron chi connectivity index (χ0n) is 29.1. The zero-order valence-corrected chi connectivity index (χ0v) is 29.1. The Kier molecular flexibility index (Phi) is 16.5. The van der Waals surface area contributed by atoms with E-state index in [1.807, 2.05) is 0 Å². The van der Waals surface area contributed by atoms with Crippen LogP contribution in [0.3, 0.4) is 0 Å². The molecule has 0 unspecified atom stereocenters. The summed E-state index contributed by atoms with van der Waals surface area (Å²) in [6.45, 7) is 11.1. The number of ether oxygens (including phenoxy) is 3. The second-order valence-electron chi connectivity index (χ2n) is 13.6. The van der Waals surface area contributed by atoms with Crippen LogP contribution in [-0.2, 0) is 33.4 Å². The summed E-state index contributed by atoms with van der Waals surface area (Å²) in [6, 6.07) is -4.11. The lowest BCUT2D eigenvalue weighted by Gasteiger charge is -2.32. The summed E-state index contributed by atoms with van der Waals surface area (Å²) in [7, 11) is 0. The largest absolute Gasteiger partial charge is 0.480 e. The number of nitrogens with zero attached hydrogens (tertiary/aromatic N) is 2. The Morgan fingerprint density at radius 3 is 2.00 bits per heavy atom. The topological polar surface area (TPSA) is 189 Å². The van der Waals surface area contributed by atoms with Gasteiger partial charge in [-0.2, -0.15) is 13.2 Å². The predicted molar refractivity (Wildman–Crippen MR) is 168 cm³/mol. The van der Waals surface area contributed by atoms with Gasteiger partial charge in [0.1, 0.15) is 23.3 Å². The first kappa shape index (κ1) is 43.1. The minimum Gasteiger partial charge on any atom is -0.480 e. The lowest BCUT2D eigenvalue weighted by Crippen LogP contribution is -2.54. The number of esters is 1. The van der Waals surface area contributed by atoms with E-state index in [9.17, 15) is 52.2 Å². The number of aliphatic hydroxyl groups excluding tert-OH is 1. The molecular formula is C32H50F3N3O11. The van der Waals surface area contributed by atoms with Gasteiger partial charge in [-0.15, -0.1) is 0 Å². The van der Waals surface area contributed by atoms with Crippen molar-refractivity contribution in [2.24, 2.45) is 0 Å². The van der Waals surface area contributed by atoms with E-state index in [0.29, 0.717) is 19.3 Å². The summed E-state index contributed by atoms with van der Waals surface area (Å²) < 4.78 is 54.9. The minimum atomic E-state index is -5.28. The second kappa shape index (κ2) is 18.8. The van der Waals surface area contributed by atoms with Crippen LogP contribution in [0.1, 0.15) is 99.8 Å². The van der Waals surface area contributed by atoms with Crippen molar-refractivity contribution in [1.29, 1.82) is 0 Å². The number of allylic oxidation sites excluding steroid dienone is 1. The number of nitrogens with one attached hydrogen (secondary N) is 1. The second-order valence-corrected chi connectivity index (χ2v) is 13.6. The number of halogens is 3. The number of hydrogen-bond acceptors (Lipinski definition) is 10. The maximum atomic E-state index is 13.2. The molecule has 4 atom stereocenters. The van der Waals surface area contributed by atoms with Crippen LogP contribution >= 0.6 is 0 Å². The third kappa shape index (κ3) is 15.9. The quantitative estimate of drug-likeness (QED) is 0.0942. The third-order valence-electron chi connectivity index (χ3n) is 6.89. The van der Waals surface area contributed by atoms with Gasteiger partial charge in [0.25, 0.3) is 0 Å². The lowest BCUT2D eigenvalue weighted by atomic mass is 10.0. The molecule has 1 rings (SSSR count). The number of likely N-dealkylation sites (tertiary alicyclic amines) is 1. The smallest absolute Gasteiger partial charge is 0.471 e. The molecule has 0 aromatic rings. The van der Waals surface area contributed by atoms with Crippen molar-refractivity contribution in [3.05, 3.63) is 12.2 Å². The van der Waals surface area contributed by atoms with Crippen molar-refractivity contribution in [3.63, 3.8) is 0 Å². The van der Waals surface area contributed by atoms with Crippen LogP contribution in [-0.4, -0.2) is 111 Å². The Morgan fingerprint density at radius 1 is 0.939 bits per heavy atom. The number of alkyl halides is 3. The summed E-state index contributed by atoms with van der Waals surface area (Å²) in [5.74, 6) is -5.38. The van der Waals surface area contributed by atoms with Crippen molar-refractivity contribution in [2.75, 3.05) is 13.2 Å². The highest BCUT2D eigenvalue weighted by Crippen LogP contribution is 2.23. The number of aliphatic carboxylic acids is 1. The SMILES string of the molecule is CCOC(=O)CC[C@@H](/C=C\CCCCC[C@H](NC(=O)C(F)(F)F)C(=O)N1C[C@H](O)C[C@H]1C(=O)O)N(C(=O)OC(C)(C)C)C(=O)OC(C)(C)C. The summed E-state index contributed by atoms with van der Waals surface area (Å²) in [6.07, 6.45) is -4.67. The van der Waals surface area contributed by atoms with Crippen LogP contribution in [0.5, 0.6) is 0 Å². The van der Waals surface area contributed by atoms with Crippen molar-refractivity contribution in [1.82, 2.24) is 15.1 Å². The summed E-state index contributed by atoms with van der Waals surface area (Å²) in [5, 5.41) is 20.9. The Morgan fingerprint density at radius 2 is 1.51 bits per heavy atom. The Labute approximate surface area is 284 Å². The molecule has 0 spiro atoms. The van der Waals surface area contributed by atoms with Gasteiger partial charge in [0.15, 0.2) is 0 Å². The number of amides is 4. The number of aliphatic hydroxyl groups is 1. The Bertz CT molecular complexity index is 1170. The number of carbonyl (C=O) groups excluding carboxylic acids is 5. The number of carbonyl (C=O) groups is 6. The highest BCUT2D eigenvalue weighted by atomic mass is 19.4. The van der Waals surface area contributed by atoms with E-state index in [4.69, 9.17) is 14.2 Å². The van der Waals surface area contributed by atoms with Crippen LogP contribution in [0.4, 0.5) is 22.8 Å². The first-order valence-electron chi connectivity index (χ1n) is 16.1. The summed E-state index contributed by atoms with van der Waals surface area (Å²) >= 11 is 0. The summed E-state index contributed by atoms with van der Waals surface area (Å²) in [4.78, 5) is 76.3. The number of carboxylic acids is 1. The van der Waals surface area contributed by atoms with E-state index in [0.717, 1.165) is 9.80 Å². The van der Waals surface area contributed by atoms with Crippen molar-refractivity contribution >= 4 is 35.9 Å². The highest BCUT2D eigenvalue weighted by Gasteiger charge is 2.45. The van der Waals surface area contributed by atoms with Crippen LogP contribution in [0.15, 0.2) is 12.2 Å². The molecule has 17 heteroatoms. The maximum Gasteiger partial charge on any atom is 0.471 e. The first-order valence-corrected chi connectivity index (χ1v) is 16.1. The Balaban J connectivity index is 3.06. The number of carboxylic acid groups (broad SMARTS) is 1. The van der Waals surface area contributed by atoms with Crippen molar-refractivity contribution in [2.45, 2.75) is 141 Å². The molecule has 1 aliphatic rings. The summed E-state index contributed by atoms with van der Waals surface area (Å²) in [5.41, 5.74) is -1.93. The minimum absolute atomic E-state index is 0.0148. The molecule has 0 radical (unpaired) electrons. The van der Waals surface area contributed by atoms with Gasteiger partial charge >= 0.3 is 36.2 Å². The molecule has 1 saturated heterocycles. The molecule has 3 N–H and O–H groups in total. The number of imide groups is 1. The standard InChI is InChI=1S/C32H50F3N3O11/c1-8-47-24(40)17-16-20(38(28(45)48-30(2,3)4)29(46)49-31(5,6)7)14-12-10-9-11-13-15-22(36-27(44)32(33,34)35)25(41)37-19-21(39)18-23(37)26(42)43/h12,14,20-23,39H,8-11,13,15-19H2,1-7H3,(H,36,44)(H,42,43)/b14-12-/t20-,21-,22+,23+/m1/s1. The van der Waals surface area contributed by atoms with Crippen LogP contribution in [0.2, 0.25) is 0 Å². The van der Waals surface area contributed by atoms with E-state index in [-0.39, 0.29) is 38.7 Å². The van der Waals surface area contributed by atoms with E-state index in [1.54, 1.807) is 59.9 Å². The van der Waals surface area contributed by atoms with Gasteiger partial charge in [-0.05, 0) is 74.1 Å². The first-order chi connectivity index (χ1) is 22.5. The fraction of sp³-hybridized carbons (Fsp3) is 0.750. The molecule has 4 amide bonds. The molecule has 0 aromatic carbocycles. The number of rotatable bonds is 15. The van der Waals surface area contributed by atoms with Gasteiger partial charge in [0.05, 0.1) is 18.8 Å². The van der Waals surface area contributed by atoms with Gasteiger partial charge in [-0.25, -0.2) is 19.3 Å². The van der Waals surface area contributed by atoms with Crippen molar-refractivity contribution in [3.8, 4) is 0 Å². The number of β-amino-alcohol motifs (C(OH)–C–C–N with tert-alkyl or cyclic N) is 1. The van der Waals surface area contributed by atoms with Crippen LogP contribution in [0, 0.1) is 0 Å². The fourth-order valence-electron chi connectivity index (χ4n) is 4.81. The third-order valence-corrected chi connectivity index (χ3v) is 6.89. The molecule has 0 bridgehead atoms. The maximum absolute atomic E-state index is 13.2. The Hall–Kier alpha value is -3.89.